The van der Waals surface area contributed by atoms with E-state index in [-0.39, 0.29) is 5.41 Å². The van der Waals surface area contributed by atoms with Gasteiger partial charge in [-0.3, -0.25) is 0 Å². The van der Waals surface area contributed by atoms with Crippen molar-refractivity contribution >= 4 is 8.80 Å². The average Bonchev–Trinajstić information content (AvgIpc) is 2.40. The van der Waals surface area contributed by atoms with Gasteiger partial charge < -0.3 is 13.3 Å². The molecule has 0 aromatic heterocycles. The fourth-order valence-corrected chi connectivity index (χ4v) is 3.73. The first-order valence-corrected chi connectivity index (χ1v) is 8.55. The number of aryl methyl sites for hydroxylation is 1. The van der Waals surface area contributed by atoms with Crippen LogP contribution in [0.15, 0.2) is 24.3 Å². The molecule has 108 valence electrons. The van der Waals surface area contributed by atoms with Crippen LogP contribution in [0.5, 0.6) is 0 Å². The zero-order valence-electron chi connectivity index (χ0n) is 12.9. The molecule has 4 heteroatoms. The SMILES string of the molecule is CO[Si](CCc1ccc(C(C)(C)C)cc1)(OC)OC. The predicted molar refractivity (Wildman–Crippen MR) is 80.4 cm³/mol. The van der Waals surface area contributed by atoms with E-state index in [2.05, 4.69) is 45.0 Å². The van der Waals surface area contributed by atoms with E-state index in [1.54, 1.807) is 21.3 Å². The first-order chi connectivity index (χ1) is 8.87. The Morgan fingerprint density at radius 3 is 1.74 bits per heavy atom. The quantitative estimate of drug-likeness (QED) is 0.748. The summed E-state index contributed by atoms with van der Waals surface area (Å²) in [5.41, 5.74) is 2.84. The van der Waals surface area contributed by atoms with Crippen LogP contribution in [-0.2, 0) is 25.1 Å². The van der Waals surface area contributed by atoms with Crippen LogP contribution in [0.25, 0.3) is 0 Å². The second kappa shape index (κ2) is 6.66. The molecule has 3 nitrogen and oxygen atoms in total. The van der Waals surface area contributed by atoms with Crippen molar-refractivity contribution in [2.45, 2.75) is 38.7 Å². The molecule has 1 aromatic rings. The van der Waals surface area contributed by atoms with E-state index < -0.39 is 8.80 Å². The van der Waals surface area contributed by atoms with Crippen molar-refractivity contribution < 1.29 is 13.3 Å². The molecule has 0 N–H and O–H groups in total. The number of benzene rings is 1. The van der Waals surface area contributed by atoms with Gasteiger partial charge in [-0.05, 0) is 23.0 Å². The van der Waals surface area contributed by atoms with Gasteiger partial charge in [0.05, 0.1) is 0 Å². The first-order valence-electron chi connectivity index (χ1n) is 6.62. The summed E-state index contributed by atoms with van der Waals surface area (Å²) in [5, 5.41) is 0. The number of hydrogen-bond donors (Lipinski definition) is 0. The van der Waals surface area contributed by atoms with Crippen molar-refractivity contribution in [3.63, 3.8) is 0 Å². The number of rotatable bonds is 6. The van der Waals surface area contributed by atoms with Gasteiger partial charge in [0.25, 0.3) is 0 Å². The van der Waals surface area contributed by atoms with Gasteiger partial charge in [0.2, 0.25) is 0 Å². The Balaban J connectivity index is 2.69. The molecule has 0 spiro atoms. The zero-order chi connectivity index (χ0) is 14.5. The maximum atomic E-state index is 5.43. The molecule has 0 amide bonds. The molecule has 0 saturated carbocycles. The van der Waals surface area contributed by atoms with Crippen LogP contribution in [-0.4, -0.2) is 30.1 Å². The van der Waals surface area contributed by atoms with Crippen molar-refractivity contribution in [3.05, 3.63) is 35.4 Å². The molecule has 0 fully saturated rings. The van der Waals surface area contributed by atoms with Gasteiger partial charge in [0.1, 0.15) is 0 Å². The molecule has 0 heterocycles. The minimum atomic E-state index is -2.45. The molecule has 1 aromatic carbocycles. The lowest BCUT2D eigenvalue weighted by Gasteiger charge is -2.24. The normalized spacial score (nSPS) is 12.7. The van der Waals surface area contributed by atoms with Gasteiger partial charge in [-0.2, -0.15) is 0 Å². The highest BCUT2D eigenvalue weighted by atomic mass is 28.4. The lowest BCUT2D eigenvalue weighted by molar-refractivity contribution is 0.123. The van der Waals surface area contributed by atoms with E-state index in [4.69, 9.17) is 13.3 Å². The lowest BCUT2D eigenvalue weighted by atomic mass is 9.86. The molecule has 0 unspecified atom stereocenters. The minimum Gasteiger partial charge on any atom is -0.377 e. The largest absolute Gasteiger partial charge is 0.500 e. The van der Waals surface area contributed by atoms with E-state index in [0.717, 1.165) is 12.5 Å². The topological polar surface area (TPSA) is 27.7 Å². The van der Waals surface area contributed by atoms with Crippen molar-refractivity contribution in [1.29, 1.82) is 0 Å². The second-order valence-electron chi connectivity index (χ2n) is 5.74. The summed E-state index contributed by atoms with van der Waals surface area (Å²) in [5.74, 6) is 0. The highest BCUT2D eigenvalue weighted by Gasteiger charge is 2.37. The Bertz CT molecular complexity index is 369. The lowest BCUT2D eigenvalue weighted by Crippen LogP contribution is -2.43. The third kappa shape index (κ3) is 4.42. The van der Waals surface area contributed by atoms with Gasteiger partial charge >= 0.3 is 8.80 Å². The van der Waals surface area contributed by atoms with Gasteiger partial charge in [0, 0.05) is 27.4 Å². The van der Waals surface area contributed by atoms with Gasteiger partial charge in [0.15, 0.2) is 0 Å². The Morgan fingerprint density at radius 2 is 1.37 bits per heavy atom. The molecule has 0 radical (unpaired) electrons. The van der Waals surface area contributed by atoms with E-state index in [1.165, 1.54) is 11.1 Å². The van der Waals surface area contributed by atoms with Crippen LogP contribution in [0.3, 0.4) is 0 Å². The molecular formula is C15H26O3Si. The molecule has 0 aliphatic carbocycles. The smallest absolute Gasteiger partial charge is 0.377 e. The molecule has 0 saturated heterocycles. The van der Waals surface area contributed by atoms with Gasteiger partial charge in [-0.1, -0.05) is 45.0 Å². The molecule has 1 rings (SSSR count). The van der Waals surface area contributed by atoms with Crippen molar-refractivity contribution in [2.75, 3.05) is 21.3 Å². The van der Waals surface area contributed by atoms with Crippen molar-refractivity contribution in [1.82, 2.24) is 0 Å². The summed E-state index contributed by atoms with van der Waals surface area (Å²) in [7, 11) is 2.51. The summed E-state index contributed by atoms with van der Waals surface area (Å²) in [4.78, 5) is 0. The monoisotopic (exact) mass is 282 g/mol. The third-order valence-electron chi connectivity index (χ3n) is 3.47. The minimum absolute atomic E-state index is 0.197. The van der Waals surface area contributed by atoms with Crippen LogP contribution in [0.1, 0.15) is 31.9 Å². The maximum absolute atomic E-state index is 5.43. The fourth-order valence-electron chi connectivity index (χ4n) is 2.03. The van der Waals surface area contributed by atoms with Crippen LogP contribution in [0.2, 0.25) is 6.04 Å². The highest BCUT2D eigenvalue weighted by Crippen LogP contribution is 2.23. The van der Waals surface area contributed by atoms with E-state index in [9.17, 15) is 0 Å². The van der Waals surface area contributed by atoms with Gasteiger partial charge in [-0.15, -0.1) is 0 Å². The standard InChI is InChI=1S/C15H26O3Si/c1-15(2,3)14-9-7-13(8-10-14)11-12-19(16-4,17-5)18-6/h7-10H,11-12H2,1-6H3. The predicted octanol–water partition coefficient (Wildman–Crippen LogP) is 3.40. The van der Waals surface area contributed by atoms with Crippen molar-refractivity contribution in [3.8, 4) is 0 Å². The van der Waals surface area contributed by atoms with Crippen LogP contribution < -0.4 is 0 Å². The van der Waals surface area contributed by atoms with Crippen LogP contribution >= 0.6 is 0 Å². The summed E-state index contributed by atoms with van der Waals surface area (Å²) in [6.07, 6.45) is 0.909. The number of hydrogen-bond acceptors (Lipinski definition) is 3. The molecule has 0 aliphatic rings. The van der Waals surface area contributed by atoms with Crippen LogP contribution in [0.4, 0.5) is 0 Å². The first kappa shape index (κ1) is 16.4. The Morgan fingerprint density at radius 1 is 0.895 bits per heavy atom. The summed E-state index contributed by atoms with van der Waals surface area (Å²) in [6, 6.07) is 9.56. The second-order valence-corrected chi connectivity index (χ2v) is 8.83. The van der Waals surface area contributed by atoms with Crippen LogP contribution in [0, 0.1) is 0 Å². The van der Waals surface area contributed by atoms with Crippen molar-refractivity contribution in [2.24, 2.45) is 0 Å². The molecule has 0 bridgehead atoms. The summed E-state index contributed by atoms with van der Waals surface area (Å²) in [6.45, 7) is 6.67. The molecular weight excluding hydrogens is 256 g/mol. The van der Waals surface area contributed by atoms with E-state index in [1.807, 2.05) is 0 Å². The average molecular weight is 282 g/mol. The molecule has 0 aliphatic heterocycles. The van der Waals surface area contributed by atoms with E-state index >= 15 is 0 Å². The Kier molecular flexibility index (Phi) is 5.74. The highest BCUT2D eigenvalue weighted by molar-refractivity contribution is 6.60. The third-order valence-corrected chi connectivity index (χ3v) is 6.20. The maximum Gasteiger partial charge on any atom is 0.500 e. The van der Waals surface area contributed by atoms with Gasteiger partial charge in [-0.25, -0.2) is 0 Å². The Hall–Kier alpha value is -0.683. The zero-order valence-corrected chi connectivity index (χ0v) is 13.9. The summed E-state index contributed by atoms with van der Waals surface area (Å²) < 4.78 is 16.3. The van der Waals surface area contributed by atoms with E-state index in [0.29, 0.717) is 0 Å². The summed E-state index contributed by atoms with van der Waals surface area (Å²) >= 11 is 0. The Labute approximate surface area is 118 Å². The molecule has 19 heavy (non-hydrogen) atoms. The molecule has 0 atom stereocenters. The fraction of sp³-hybridized carbons (Fsp3) is 0.600.